The maximum absolute atomic E-state index is 12.7. The largest absolute Gasteiger partial charge is 0.497 e. The lowest BCUT2D eigenvalue weighted by Crippen LogP contribution is -2.21. The summed E-state index contributed by atoms with van der Waals surface area (Å²) in [6.07, 6.45) is 1.50. The van der Waals surface area contributed by atoms with Gasteiger partial charge in [-0.05, 0) is 35.9 Å². The minimum atomic E-state index is -0.435. The Morgan fingerprint density at radius 3 is 2.71 bits per heavy atom. The molecule has 0 aliphatic carbocycles. The van der Waals surface area contributed by atoms with Crippen molar-refractivity contribution in [3.8, 4) is 11.5 Å². The Morgan fingerprint density at radius 1 is 1.19 bits per heavy atom. The highest BCUT2D eigenvalue weighted by molar-refractivity contribution is 7.22. The number of halogens is 1. The Labute approximate surface area is 186 Å². The summed E-state index contributed by atoms with van der Waals surface area (Å²) in [6.45, 7) is 0.215. The molecule has 0 fully saturated rings. The van der Waals surface area contributed by atoms with Crippen molar-refractivity contribution in [3.63, 3.8) is 0 Å². The molecule has 0 saturated carbocycles. The van der Waals surface area contributed by atoms with Crippen LogP contribution in [0, 0.1) is 0 Å². The van der Waals surface area contributed by atoms with E-state index in [-0.39, 0.29) is 23.5 Å². The average Bonchev–Trinajstić information content (AvgIpc) is 3.16. The summed E-state index contributed by atoms with van der Waals surface area (Å²) in [5.74, 6) is 0.432. The molecule has 2 heterocycles. The number of rotatable bonds is 6. The molecule has 0 spiro atoms. The van der Waals surface area contributed by atoms with Crippen LogP contribution in [0.1, 0.15) is 16.1 Å². The molecule has 0 aliphatic heterocycles. The molecule has 7 nitrogen and oxygen atoms in total. The van der Waals surface area contributed by atoms with E-state index >= 15 is 0 Å². The first-order valence-electron chi connectivity index (χ1n) is 9.27. The van der Waals surface area contributed by atoms with Crippen LogP contribution in [0.15, 0.2) is 59.5 Å². The van der Waals surface area contributed by atoms with Gasteiger partial charge in [-0.15, -0.1) is 0 Å². The summed E-state index contributed by atoms with van der Waals surface area (Å²) < 4.78 is 13.3. The third kappa shape index (κ3) is 4.70. The van der Waals surface area contributed by atoms with E-state index in [9.17, 15) is 9.59 Å². The summed E-state index contributed by atoms with van der Waals surface area (Å²) in [4.78, 5) is 29.6. The SMILES string of the molecule is COc1ccc2nc(NC(=O)c3cc(=O)c(OCc4ccc(Cl)cc4)cn3C)sc2c1. The third-order valence-corrected chi connectivity index (χ3v) is 5.74. The molecule has 2 aromatic heterocycles. The van der Waals surface area contributed by atoms with E-state index in [2.05, 4.69) is 10.3 Å². The predicted molar refractivity (Wildman–Crippen MR) is 122 cm³/mol. The number of nitrogens with zero attached hydrogens (tertiary/aromatic N) is 2. The van der Waals surface area contributed by atoms with Gasteiger partial charge in [-0.2, -0.15) is 0 Å². The van der Waals surface area contributed by atoms with Gasteiger partial charge >= 0.3 is 0 Å². The number of hydrogen-bond donors (Lipinski definition) is 1. The number of pyridine rings is 1. The van der Waals surface area contributed by atoms with Crippen LogP contribution >= 0.6 is 22.9 Å². The number of hydrogen-bond acceptors (Lipinski definition) is 6. The zero-order valence-corrected chi connectivity index (χ0v) is 18.3. The molecule has 1 amide bonds. The van der Waals surface area contributed by atoms with Gasteiger partial charge < -0.3 is 14.0 Å². The van der Waals surface area contributed by atoms with Gasteiger partial charge in [0, 0.05) is 18.1 Å². The number of nitrogens with one attached hydrogen (secondary N) is 1. The summed E-state index contributed by atoms with van der Waals surface area (Å²) in [5.41, 5.74) is 1.44. The fourth-order valence-electron chi connectivity index (χ4n) is 2.93. The van der Waals surface area contributed by atoms with Crippen LogP contribution in [0.2, 0.25) is 5.02 Å². The van der Waals surface area contributed by atoms with Gasteiger partial charge in [0.2, 0.25) is 5.43 Å². The molecule has 0 bridgehead atoms. The minimum absolute atomic E-state index is 0.154. The first kappa shape index (κ1) is 20.9. The first-order chi connectivity index (χ1) is 14.9. The fraction of sp³-hybridized carbons (Fsp3) is 0.136. The number of thiazole rings is 1. The van der Waals surface area contributed by atoms with Crippen LogP contribution < -0.4 is 20.2 Å². The second kappa shape index (κ2) is 8.79. The highest BCUT2D eigenvalue weighted by atomic mass is 35.5. The highest BCUT2D eigenvalue weighted by Gasteiger charge is 2.15. The number of fused-ring (bicyclic) bond motifs is 1. The Bertz CT molecular complexity index is 1310. The molecule has 31 heavy (non-hydrogen) atoms. The summed E-state index contributed by atoms with van der Waals surface area (Å²) in [6, 6.07) is 13.9. The third-order valence-electron chi connectivity index (χ3n) is 4.56. The lowest BCUT2D eigenvalue weighted by molar-refractivity contribution is 0.101. The van der Waals surface area contributed by atoms with Crippen LogP contribution in [0.4, 0.5) is 5.13 Å². The number of aryl methyl sites for hydroxylation is 1. The molecular formula is C22H18ClN3O4S. The van der Waals surface area contributed by atoms with E-state index in [1.54, 1.807) is 36.9 Å². The normalized spacial score (nSPS) is 10.8. The number of carbonyl (C=O) groups excluding carboxylic acids is 1. The Balaban J connectivity index is 1.50. The maximum atomic E-state index is 12.7. The lowest BCUT2D eigenvalue weighted by Gasteiger charge is -2.11. The lowest BCUT2D eigenvalue weighted by atomic mass is 10.2. The van der Waals surface area contributed by atoms with Crippen molar-refractivity contribution in [1.82, 2.24) is 9.55 Å². The van der Waals surface area contributed by atoms with Crippen LogP contribution in [0.5, 0.6) is 11.5 Å². The monoisotopic (exact) mass is 455 g/mol. The van der Waals surface area contributed by atoms with Gasteiger partial charge in [-0.25, -0.2) is 4.98 Å². The van der Waals surface area contributed by atoms with Crippen molar-refractivity contribution in [2.24, 2.45) is 7.05 Å². The van der Waals surface area contributed by atoms with E-state index < -0.39 is 5.91 Å². The fourth-order valence-corrected chi connectivity index (χ4v) is 3.94. The van der Waals surface area contributed by atoms with Crippen molar-refractivity contribution < 1.29 is 14.3 Å². The number of amides is 1. The van der Waals surface area contributed by atoms with Crippen LogP contribution in [-0.4, -0.2) is 22.6 Å². The molecule has 4 aromatic rings. The minimum Gasteiger partial charge on any atom is -0.497 e. The number of carbonyl (C=O) groups is 1. The van der Waals surface area contributed by atoms with Crippen molar-refractivity contribution in [3.05, 3.63) is 81.2 Å². The van der Waals surface area contributed by atoms with Crippen molar-refractivity contribution in [2.75, 3.05) is 12.4 Å². The number of ether oxygens (including phenoxy) is 2. The summed E-state index contributed by atoms with van der Waals surface area (Å²) >= 11 is 7.20. The Hall–Kier alpha value is -3.36. The van der Waals surface area contributed by atoms with Crippen LogP contribution in [-0.2, 0) is 13.7 Å². The van der Waals surface area contributed by atoms with Crippen molar-refractivity contribution in [1.29, 1.82) is 0 Å². The zero-order valence-electron chi connectivity index (χ0n) is 16.7. The molecule has 0 atom stereocenters. The average molecular weight is 456 g/mol. The predicted octanol–water partition coefficient (Wildman–Crippen LogP) is 4.49. The second-order valence-electron chi connectivity index (χ2n) is 6.72. The van der Waals surface area contributed by atoms with E-state index in [1.807, 2.05) is 24.3 Å². The molecule has 0 aliphatic rings. The van der Waals surface area contributed by atoms with E-state index in [0.29, 0.717) is 15.9 Å². The molecule has 158 valence electrons. The van der Waals surface area contributed by atoms with Crippen LogP contribution in [0.25, 0.3) is 10.2 Å². The van der Waals surface area contributed by atoms with Gasteiger partial charge in [0.25, 0.3) is 5.91 Å². The number of benzene rings is 2. The molecule has 0 saturated heterocycles. The summed E-state index contributed by atoms with van der Waals surface area (Å²) in [5, 5.41) is 3.81. The first-order valence-corrected chi connectivity index (χ1v) is 10.5. The molecule has 9 heteroatoms. The van der Waals surface area contributed by atoms with Gasteiger partial charge in [0.05, 0.1) is 23.5 Å². The molecule has 1 N–H and O–H groups in total. The van der Waals surface area contributed by atoms with E-state index in [0.717, 1.165) is 15.8 Å². The smallest absolute Gasteiger partial charge is 0.274 e. The molecule has 2 aromatic carbocycles. The topological polar surface area (TPSA) is 82.4 Å². The molecule has 0 radical (unpaired) electrons. The number of anilines is 1. The van der Waals surface area contributed by atoms with Gasteiger partial charge in [-0.3, -0.25) is 14.9 Å². The molecule has 0 unspecified atom stereocenters. The van der Waals surface area contributed by atoms with Gasteiger partial charge in [-0.1, -0.05) is 35.1 Å². The number of aromatic nitrogens is 2. The van der Waals surface area contributed by atoms with Crippen molar-refractivity contribution in [2.45, 2.75) is 6.61 Å². The Morgan fingerprint density at radius 2 is 1.97 bits per heavy atom. The maximum Gasteiger partial charge on any atom is 0.274 e. The van der Waals surface area contributed by atoms with Gasteiger partial charge in [0.1, 0.15) is 18.1 Å². The van der Waals surface area contributed by atoms with E-state index in [4.69, 9.17) is 21.1 Å². The van der Waals surface area contributed by atoms with E-state index in [1.165, 1.54) is 23.6 Å². The summed E-state index contributed by atoms with van der Waals surface area (Å²) in [7, 11) is 3.26. The van der Waals surface area contributed by atoms with Gasteiger partial charge in [0.15, 0.2) is 10.9 Å². The molecule has 4 rings (SSSR count). The highest BCUT2D eigenvalue weighted by Crippen LogP contribution is 2.29. The Kier molecular flexibility index (Phi) is 5.92. The molecular weight excluding hydrogens is 438 g/mol. The standard InChI is InChI=1S/C22H18ClN3O4S/c1-26-11-19(30-12-13-3-5-14(23)6-4-13)18(27)10-17(26)21(28)25-22-24-16-8-7-15(29-2)9-20(16)31-22/h3-11H,12H2,1-2H3,(H,24,25,28). The van der Waals surface area contributed by atoms with Crippen LogP contribution in [0.3, 0.4) is 0 Å². The second-order valence-corrected chi connectivity index (χ2v) is 8.19. The quantitative estimate of drug-likeness (QED) is 0.463. The number of methoxy groups -OCH3 is 1. The zero-order chi connectivity index (χ0) is 22.0. The van der Waals surface area contributed by atoms with Crippen molar-refractivity contribution >= 4 is 44.2 Å².